The van der Waals surface area contributed by atoms with E-state index in [0.717, 1.165) is 11.1 Å². The number of rotatable bonds is 5. The van der Waals surface area contributed by atoms with E-state index in [1.807, 2.05) is 45.0 Å². The van der Waals surface area contributed by atoms with Gasteiger partial charge in [0, 0.05) is 50.4 Å². The third-order valence-electron chi connectivity index (χ3n) is 6.79. The molecule has 0 spiro atoms. The van der Waals surface area contributed by atoms with Gasteiger partial charge in [-0.1, -0.05) is 17.7 Å². The van der Waals surface area contributed by atoms with E-state index >= 15 is 0 Å². The average Bonchev–Trinajstić information content (AvgIpc) is 3.30. The third kappa shape index (κ3) is 4.60. The van der Waals surface area contributed by atoms with Gasteiger partial charge in [-0.2, -0.15) is 0 Å². The number of hydrogen-bond acceptors (Lipinski definition) is 5. The van der Waals surface area contributed by atoms with E-state index in [1.54, 1.807) is 33.7 Å². The summed E-state index contributed by atoms with van der Waals surface area (Å²) in [4.78, 5) is 43.3. The Morgan fingerprint density at radius 1 is 1.11 bits per heavy atom. The zero-order valence-corrected chi connectivity index (χ0v) is 20.8. The molecule has 1 aliphatic rings. The summed E-state index contributed by atoms with van der Waals surface area (Å²) in [5.41, 5.74) is 3.24. The first-order chi connectivity index (χ1) is 16.7. The normalized spacial score (nSPS) is 14.1. The minimum absolute atomic E-state index is 0.0737. The van der Waals surface area contributed by atoms with E-state index in [4.69, 9.17) is 9.15 Å². The molecule has 184 valence electrons. The number of nitrogens with zero attached hydrogens (tertiary/aromatic N) is 3. The Morgan fingerprint density at radius 2 is 1.89 bits per heavy atom. The predicted octanol–water partition coefficient (Wildman–Crippen LogP) is 3.60. The number of pyridine rings is 1. The highest BCUT2D eigenvalue weighted by Crippen LogP contribution is 2.28. The highest BCUT2D eigenvalue weighted by atomic mass is 16.5. The first kappa shape index (κ1) is 24.3. The number of furan rings is 1. The Kier molecular flexibility index (Phi) is 6.82. The second-order valence-corrected chi connectivity index (χ2v) is 8.99. The molecule has 8 nitrogen and oxygen atoms in total. The largest absolute Gasteiger partial charge is 0.496 e. The molecular formula is C27H31N3O5. The summed E-state index contributed by atoms with van der Waals surface area (Å²) in [5, 5.41) is 0. The van der Waals surface area contributed by atoms with Crippen LogP contribution in [0.5, 0.6) is 5.75 Å². The van der Waals surface area contributed by atoms with Gasteiger partial charge in [0.25, 0.3) is 17.4 Å². The smallest absolute Gasteiger partial charge is 0.259 e. The molecule has 0 saturated heterocycles. The Hall–Kier alpha value is -3.81. The van der Waals surface area contributed by atoms with Crippen molar-refractivity contribution >= 4 is 11.8 Å². The molecule has 3 aromatic rings. The maximum atomic E-state index is 13.7. The number of methoxy groups -OCH3 is 1. The van der Waals surface area contributed by atoms with Crippen LogP contribution in [0, 0.1) is 13.8 Å². The van der Waals surface area contributed by atoms with Crippen LogP contribution in [0.3, 0.4) is 0 Å². The van der Waals surface area contributed by atoms with Crippen molar-refractivity contribution in [1.82, 2.24) is 14.4 Å². The average molecular weight is 478 g/mol. The van der Waals surface area contributed by atoms with Crippen LogP contribution in [-0.2, 0) is 13.0 Å². The number of fused-ring (bicyclic) bond motifs is 1. The van der Waals surface area contributed by atoms with E-state index < -0.39 is 0 Å². The topological polar surface area (TPSA) is 85.0 Å². The number of hydrogen-bond donors (Lipinski definition) is 0. The molecule has 0 bridgehead atoms. The molecule has 0 aliphatic carbocycles. The summed E-state index contributed by atoms with van der Waals surface area (Å²) in [6.45, 7) is 6.81. The van der Waals surface area contributed by atoms with Gasteiger partial charge in [0.15, 0.2) is 0 Å². The molecule has 1 aromatic carbocycles. The quantitative estimate of drug-likeness (QED) is 0.561. The van der Waals surface area contributed by atoms with Crippen molar-refractivity contribution in [3.05, 3.63) is 86.7 Å². The lowest BCUT2D eigenvalue weighted by Crippen LogP contribution is -2.34. The van der Waals surface area contributed by atoms with Gasteiger partial charge in [-0.3, -0.25) is 14.4 Å². The Morgan fingerprint density at radius 3 is 2.57 bits per heavy atom. The molecule has 0 saturated carbocycles. The van der Waals surface area contributed by atoms with Crippen LogP contribution in [0.4, 0.5) is 0 Å². The second-order valence-electron chi connectivity index (χ2n) is 8.99. The number of ether oxygens (including phenoxy) is 1. The fourth-order valence-corrected chi connectivity index (χ4v) is 4.55. The lowest BCUT2D eigenvalue weighted by Gasteiger charge is -2.26. The van der Waals surface area contributed by atoms with Crippen molar-refractivity contribution in [1.29, 1.82) is 0 Å². The summed E-state index contributed by atoms with van der Waals surface area (Å²) in [7, 11) is 3.15. The molecular weight excluding hydrogens is 446 g/mol. The van der Waals surface area contributed by atoms with Gasteiger partial charge in [-0.05, 0) is 44.5 Å². The van der Waals surface area contributed by atoms with Crippen molar-refractivity contribution in [2.45, 2.75) is 39.8 Å². The molecule has 1 atom stereocenters. The van der Waals surface area contributed by atoms with E-state index in [1.165, 1.54) is 13.2 Å². The number of carbonyl (C=O) groups is 2. The summed E-state index contributed by atoms with van der Waals surface area (Å²) in [6.07, 6.45) is 1.92. The fourth-order valence-electron chi connectivity index (χ4n) is 4.55. The number of amides is 2. The molecule has 8 heteroatoms. The van der Waals surface area contributed by atoms with Gasteiger partial charge >= 0.3 is 0 Å². The van der Waals surface area contributed by atoms with Gasteiger partial charge in [-0.25, -0.2) is 0 Å². The van der Waals surface area contributed by atoms with Crippen molar-refractivity contribution < 1.29 is 18.7 Å². The molecule has 0 N–H and O–H groups in total. The van der Waals surface area contributed by atoms with Crippen molar-refractivity contribution in [2.24, 2.45) is 0 Å². The zero-order valence-electron chi connectivity index (χ0n) is 20.8. The van der Waals surface area contributed by atoms with Crippen molar-refractivity contribution in [3.63, 3.8) is 0 Å². The summed E-state index contributed by atoms with van der Waals surface area (Å²) < 4.78 is 12.6. The Bertz CT molecular complexity index is 1310. The lowest BCUT2D eigenvalue weighted by molar-refractivity contribution is 0.0720. The van der Waals surface area contributed by atoms with Crippen LogP contribution in [0.25, 0.3) is 0 Å². The van der Waals surface area contributed by atoms with E-state index in [9.17, 15) is 14.4 Å². The van der Waals surface area contributed by atoms with Gasteiger partial charge in [0.1, 0.15) is 17.1 Å². The Balaban J connectivity index is 1.68. The maximum Gasteiger partial charge on any atom is 0.259 e. The van der Waals surface area contributed by atoms with Gasteiger partial charge in [0.2, 0.25) is 0 Å². The fraction of sp³-hybridized carbons (Fsp3) is 0.370. The molecule has 35 heavy (non-hydrogen) atoms. The van der Waals surface area contributed by atoms with Crippen molar-refractivity contribution in [2.75, 3.05) is 27.2 Å². The molecule has 2 aromatic heterocycles. The van der Waals surface area contributed by atoms with Crippen LogP contribution >= 0.6 is 0 Å². The maximum absolute atomic E-state index is 13.7. The summed E-state index contributed by atoms with van der Waals surface area (Å²) >= 11 is 0. The van der Waals surface area contributed by atoms with Crippen LogP contribution < -0.4 is 10.3 Å². The van der Waals surface area contributed by atoms with E-state index in [-0.39, 0.29) is 29.2 Å². The molecule has 0 fully saturated rings. The highest BCUT2D eigenvalue weighted by molar-refractivity contribution is 5.98. The van der Waals surface area contributed by atoms with Gasteiger partial charge < -0.3 is 23.5 Å². The molecule has 1 aliphatic heterocycles. The summed E-state index contributed by atoms with van der Waals surface area (Å²) in [5.74, 6) is 0.544. The molecule has 4 rings (SSSR count). The zero-order chi connectivity index (χ0) is 25.3. The summed E-state index contributed by atoms with van der Waals surface area (Å²) in [6, 6.07) is 10.4. The van der Waals surface area contributed by atoms with Crippen LogP contribution in [0.2, 0.25) is 0 Å². The predicted molar refractivity (Wildman–Crippen MR) is 132 cm³/mol. The first-order valence-electron chi connectivity index (χ1n) is 11.7. The van der Waals surface area contributed by atoms with Crippen LogP contribution in [0.1, 0.15) is 56.3 Å². The standard InChI is InChI=1S/C27H31N3O5/c1-17-8-9-18(2)20(15-17)26(32)29-11-10-21-25(23(34-5)16-24(31)30(21)13-12-29)27(33)28(4)19(3)22-7-6-14-35-22/h6-9,14-16,19H,10-13H2,1-5H3. The van der Waals surface area contributed by atoms with E-state index in [0.29, 0.717) is 48.6 Å². The molecule has 3 heterocycles. The minimum atomic E-state index is -0.317. The highest BCUT2D eigenvalue weighted by Gasteiger charge is 2.30. The van der Waals surface area contributed by atoms with E-state index in [2.05, 4.69) is 0 Å². The monoisotopic (exact) mass is 477 g/mol. The molecule has 0 radical (unpaired) electrons. The lowest BCUT2D eigenvalue weighted by atomic mass is 10.0. The minimum Gasteiger partial charge on any atom is -0.496 e. The Labute approximate surface area is 204 Å². The van der Waals surface area contributed by atoms with Crippen LogP contribution in [0.15, 0.2) is 51.9 Å². The molecule has 1 unspecified atom stereocenters. The van der Waals surface area contributed by atoms with Gasteiger partial charge in [-0.15, -0.1) is 0 Å². The SMILES string of the molecule is COc1cc(=O)n2c(c1C(=O)N(C)C(C)c1ccco1)CCN(C(=O)c1cc(C)ccc1C)CC2. The number of benzene rings is 1. The van der Waals surface area contributed by atoms with Crippen LogP contribution in [-0.4, -0.2) is 53.4 Å². The number of aromatic nitrogens is 1. The van der Waals surface area contributed by atoms with Crippen molar-refractivity contribution in [3.8, 4) is 5.75 Å². The number of carbonyl (C=O) groups excluding carboxylic acids is 2. The molecule has 2 amide bonds. The first-order valence-corrected chi connectivity index (χ1v) is 11.7. The van der Waals surface area contributed by atoms with Gasteiger partial charge in [0.05, 0.1) is 19.4 Å². The third-order valence-corrected chi connectivity index (χ3v) is 6.79. The number of aryl methyl sites for hydroxylation is 2. The second kappa shape index (κ2) is 9.82.